The summed E-state index contributed by atoms with van der Waals surface area (Å²) < 4.78 is 0. The number of fused-ring (bicyclic) bond motifs is 1. The molecule has 0 spiro atoms. The van der Waals surface area contributed by atoms with Crippen LogP contribution in [0.5, 0.6) is 0 Å². The van der Waals surface area contributed by atoms with Gasteiger partial charge < -0.3 is 10.6 Å². The summed E-state index contributed by atoms with van der Waals surface area (Å²) >= 11 is 7.48. The maximum atomic E-state index is 12.4. The van der Waals surface area contributed by atoms with Gasteiger partial charge in [-0.25, -0.2) is 4.99 Å². The molecule has 0 saturated carbocycles. The van der Waals surface area contributed by atoms with E-state index in [0.717, 1.165) is 16.5 Å². The molecule has 1 aromatic heterocycles. The van der Waals surface area contributed by atoms with Crippen LogP contribution in [0.1, 0.15) is 18.9 Å². The predicted molar refractivity (Wildman–Crippen MR) is 123 cm³/mol. The van der Waals surface area contributed by atoms with Crippen LogP contribution >= 0.6 is 23.4 Å². The Bertz CT molecular complexity index is 1220. The second kappa shape index (κ2) is 8.69. The number of benzene rings is 2. The summed E-state index contributed by atoms with van der Waals surface area (Å²) in [5, 5.41) is 7.38. The normalized spacial score (nSPS) is 16.3. The molecule has 0 radical (unpaired) electrons. The van der Waals surface area contributed by atoms with Gasteiger partial charge in [-0.1, -0.05) is 30.7 Å². The van der Waals surface area contributed by atoms with Gasteiger partial charge in [0.05, 0.1) is 21.1 Å². The third-order valence-corrected chi connectivity index (χ3v) is 5.58. The summed E-state index contributed by atoms with van der Waals surface area (Å²) in [6.45, 7) is 1.77. The number of aromatic nitrogens is 1. The van der Waals surface area contributed by atoms with Crippen LogP contribution in [0.3, 0.4) is 0 Å². The van der Waals surface area contributed by atoms with E-state index in [0.29, 0.717) is 32.9 Å². The highest BCUT2D eigenvalue weighted by Crippen LogP contribution is 2.33. The molecule has 0 unspecified atom stereocenters. The van der Waals surface area contributed by atoms with Gasteiger partial charge >= 0.3 is 0 Å². The average Bonchev–Trinajstić information content (AvgIpc) is 3.09. The Kier molecular flexibility index (Phi) is 5.83. The number of amidine groups is 1. The molecule has 2 N–H and O–H groups in total. The minimum Gasteiger partial charge on any atom is -0.326 e. The Morgan fingerprint density at radius 2 is 2.13 bits per heavy atom. The molecule has 4 rings (SSSR count). The maximum Gasteiger partial charge on any atom is 0.264 e. The van der Waals surface area contributed by atoms with Gasteiger partial charge in [0.25, 0.3) is 5.91 Å². The number of carbonyl (C=O) groups is 2. The molecule has 150 valence electrons. The number of pyridine rings is 1. The molecule has 1 aliphatic rings. The lowest BCUT2D eigenvalue weighted by atomic mass is 10.1. The molecule has 1 fully saturated rings. The molecule has 2 aromatic carbocycles. The average molecular weight is 437 g/mol. The van der Waals surface area contributed by atoms with Crippen LogP contribution in [0.4, 0.5) is 11.4 Å². The van der Waals surface area contributed by atoms with Crippen molar-refractivity contribution in [2.75, 3.05) is 5.32 Å². The highest BCUT2D eigenvalue weighted by molar-refractivity contribution is 8.18. The van der Waals surface area contributed by atoms with Gasteiger partial charge in [-0.15, -0.1) is 0 Å². The van der Waals surface area contributed by atoms with Crippen LogP contribution in [0.2, 0.25) is 5.02 Å². The lowest BCUT2D eigenvalue weighted by Gasteiger charge is -2.06. The monoisotopic (exact) mass is 436 g/mol. The summed E-state index contributed by atoms with van der Waals surface area (Å²) in [4.78, 5) is 33.3. The minimum absolute atomic E-state index is 0.102. The number of hydrogen-bond acceptors (Lipinski definition) is 5. The van der Waals surface area contributed by atoms with Gasteiger partial charge in [0.15, 0.2) is 5.17 Å². The van der Waals surface area contributed by atoms with E-state index >= 15 is 0 Å². The van der Waals surface area contributed by atoms with Crippen molar-refractivity contribution >= 4 is 68.7 Å². The zero-order valence-electron chi connectivity index (χ0n) is 16.0. The minimum atomic E-state index is -0.225. The van der Waals surface area contributed by atoms with Crippen molar-refractivity contribution in [3.05, 3.63) is 70.2 Å². The Labute approximate surface area is 182 Å². The second-order valence-electron chi connectivity index (χ2n) is 6.51. The number of nitrogens with one attached hydrogen (secondary N) is 2. The van der Waals surface area contributed by atoms with Crippen molar-refractivity contribution in [3.63, 3.8) is 0 Å². The van der Waals surface area contributed by atoms with Crippen LogP contribution in [-0.2, 0) is 9.59 Å². The number of thioether (sulfide) groups is 1. The quantitative estimate of drug-likeness (QED) is 0.555. The van der Waals surface area contributed by atoms with Gasteiger partial charge in [0.2, 0.25) is 5.91 Å². The molecule has 0 aliphatic carbocycles. The third kappa shape index (κ3) is 4.53. The Morgan fingerprint density at radius 3 is 2.97 bits per heavy atom. The van der Waals surface area contributed by atoms with Gasteiger partial charge in [-0.2, -0.15) is 0 Å². The molecule has 0 bridgehead atoms. The summed E-state index contributed by atoms with van der Waals surface area (Å²) in [5.74, 6) is -0.327. The van der Waals surface area contributed by atoms with Crippen LogP contribution in [-0.4, -0.2) is 22.0 Å². The Morgan fingerprint density at radius 1 is 1.27 bits per heavy atom. The van der Waals surface area contributed by atoms with E-state index in [2.05, 4.69) is 20.6 Å². The predicted octanol–water partition coefficient (Wildman–Crippen LogP) is 5.13. The standard InChI is InChI=1S/C22H17ClN4O2S/c1-2-20(28)25-15-6-7-16(23)18(12-15)26-22-27-21(29)19(30-22)11-13-5-8-17-14(10-13)4-3-9-24-17/h3-12H,2H2,1H3,(H,25,28)(H,26,27,29)/b19-11-. The molecule has 3 aromatic rings. The Balaban J connectivity index is 1.58. The first-order valence-corrected chi connectivity index (χ1v) is 10.4. The molecule has 2 heterocycles. The summed E-state index contributed by atoms with van der Waals surface area (Å²) in [5.41, 5.74) is 2.86. The topological polar surface area (TPSA) is 83.5 Å². The zero-order valence-corrected chi connectivity index (χ0v) is 17.6. The molecule has 6 nitrogen and oxygen atoms in total. The third-order valence-electron chi connectivity index (χ3n) is 4.35. The smallest absolute Gasteiger partial charge is 0.264 e. The van der Waals surface area contributed by atoms with E-state index < -0.39 is 0 Å². The highest BCUT2D eigenvalue weighted by atomic mass is 35.5. The van der Waals surface area contributed by atoms with E-state index in [1.807, 2.05) is 36.4 Å². The van der Waals surface area contributed by atoms with E-state index in [9.17, 15) is 9.59 Å². The Hall–Kier alpha value is -3.16. The number of rotatable bonds is 4. The van der Waals surface area contributed by atoms with Crippen molar-refractivity contribution < 1.29 is 9.59 Å². The molecule has 2 amide bonds. The van der Waals surface area contributed by atoms with E-state index in [-0.39, 0.29) is 11.8 Å². The van der Waals surface area contributed by atoms with Gasteiger partial charge in [0, 0.05) is 23.7 Å². The first-order chi connectivity index (χ1) is 14.5. The van der Waals surface area contributed by atoms with E-state index in [1.165, 1.54) is 11.8 Å². The van der Waals surface area contributed by atoms with Crippen LogP contribution in [0.15, 0.2) is 64.6 Å². The summed E-state index contributed by atoms with van der Waals surface area (Å²) in [6, 6.07) is 14.7. The number of nitrogens with zero attached hydrogens (tertiary/aromatic N) is 2. The fraction of sp³-hybridized carbons (Fsp3) is 0.0909. The first-order valence-electron chi connectivity index (χ1n) is 9.25. The van der Waals surface area contributed by atoms with E-state index in [1.54, 1.807) is 31.3 Å². The van der Waals surface area contributed by atoms with Crippen molar-refractivity contribution in [1.29, 1.82) is 0 Å². The lowest BCUT2D eigenvalue weighted by Crippen LogP contribution is -2.19. The number of aliphatic imine (C=N–C) groups is 1. The summed E-state index contributed by atoms with van der Waals surface area (Å²) in [7, 11) is 0. The molecule has 1 saturated heterocycles. The number of hydrogen-bond donors (Lipinski definition) is 2. The molecular weight excluding hydrogens is 420 g/mol. The maximum absolute atomic E-state index is 12.4. The molecule has 1 aliphatic heterocycles. The van der Waals surface area contributed by atoms with Gasteiger partial charge in [-0.05, 0) is 59.8 Å². The van der Waals surface area contributed by atoms with Crippen LogP contribution in [0.25, 0.3) is 17.0 Å². The largest absolute Gasteiger partial charge is 0.326 e. The molecule has 8 heteroatoms. The van der Waals surface area contributed by atoms with Crippen LogP contribution < -0.4 is 10.6 Å². The van der Waals surface area contributed by atoms with E-state index in [4.69, 9.17) is 11.6 Å². The fourth-order valence-electron chi connectivity index (χ4n) is 2.85. The number of amides is 2. The van der Waals surface area contributed by atoms with Crippen molar-refractivity contribution in [3.8, 4) is 0 Å². The van der Waals surface area contributed by atoms with Crippen molar-refractivity contribution in [2.45, 2.75) is 13.3 Å². The number of anilines is 1. The molecular formula is C22H17ClN4O2S. The molecule has 0 atom stereocenters. The van der Waals surface area contributed by atoms with Crippen LogP contribution in [0, 0.1) is 0 Å². The second-order valence-corrected chi connectivity index (χ2v) is 7.94. The SMILES string of the molecule is CCC(=O)Nc1ccc(Cl)c(N=C2NC(=O)/C(=C/c3ccc4ncccc4c3)S2)c1. The van der Waals surface area contributed by atoms with Crippen molar-refractivity contribution in [1.82, 2.24) is 10.3 Å². The fourth-order valence-corrected chi connectivity index (χ4v) is 3.85. The van der Waals surface area contributed by atoms with Gasteiger partial charge in [-0.3, -0.25) is 14.6 Å². The van der Waals surface area contributed by atoms with Crippen molar-refractivity contribution in [2.24, 2.45) is 4.99 Å². The number of halogens is 1. The zero-order chi connectivity index (χ0) is 21.1. The lowest BCUT2D eigenvalue weighted by molar-refractivity contribution is -0.116. The first kappa shape index (κ1) is 20.1. The highest BCUT2D eigenvalue weighted by Gasteiger charge is 2.24. The number of carbonyl (C=O) groups excluding carboxylic acids is 2. The summed E-state index contributed by atoms with van der Waals surface area (Å²) in [6.07, 6.45) is 3.93. The van der Waals surface area contributed by atoms with Gasteiger partial charge in [0.1, 0.15) is 0 Å². The molecule has 30 heavy (non-hydrogen) atoms.